The van der Waals surface area contributed by atoms with E-state index in [1.165, 1.54) is 82.9 Å². The minimum Gasteiger partial charge on any atom is -0.456 e. The normalized spacial score (nSPS) is 16.7. The van der Waals surface area contributed by atoms with E-state index in [0.29, 0.717) is 5.92 Å². The Kier molecular flexibility index (Phi) is 8.72. The van der Waals surface area contributed by atoms with Crippen molar-refractivity contribution in [3.63, 3.8) is 0 Å². The minimum atomic E-state index is 0.210. The average molecular weight is 881 g/mol. The van der Waals surface area contributed by atoms with E-state index in [2.05, 4.69) is 192 Å². The summed E-state index contributed by atoms with van der Waals surface area (Å²) >= 11 is 2.03. The van der Waals surface area contributed by atoms with Gasteiger partial charge in [0.15, 0.2) is 0 Å². The summed E-state index contributed by atoms with van der Waals surface area (Å²) in [5, 5.41) is 6.16. The number of hydrogen-bond acceptors (Lipinski definition) is 4. The van der Waals surface area contributed by atoms with E-state index in [1.54, 1.807) is 0 Å². The molecule has 0 fully saturated rings. The van der Waals surface area contributed by atoms with Crippen LogP contribution in [0.4, 0.5) is 5.69 Å². The molecule has 0 radical (unpaired) electrons. The van der Waals surface area contributed by atoms with Gasteiger partial charge in [-0.25, -0.2) is 0 Å². The highest BCUT2D eigenvalue weighted by Crippen LogP contribution is 2.55. The maximum atomic E-state index is 6.16. The van der Waals surface area contributed by atoms with Crippen molar-refractivity contribution in [2.75, 3.05) is 11.9 Å². The van der Waals surface area contributed by atoms with Crippen LogP contribution in [0.15, 0.2) is 208 Å². The Morgan fingerprint density at radius 3 is 1.70 bits per heavy atom. The van der Waals surface area contributed by atoms with Crippen LogP contribution in [-0.2, 0) is 6.42 Å². The summed E-state index contributed by atoms with van der Waals surface area (Å²) in [5.74, 6) is 0.304. The van der Waals surface area contributed by atoms with Gasteiger partial charge in [-0.2, -0.15) is 0 Å². The lowest BCUT2D eigenvalue weighted by Gasteiger charge is -2.31. The number of hydrogen-bond donors (Lipinski definition) is 0. The summed E-state index contributed by atoms with van der Waals surface area (Å²) in [6, 6.07) is 61.7. The predicted molar refractivity (Wildman–Crippen MR) is 282 cm³/mol. The average Bonchev–Trinajstić information content (AvgIpc) is 4.15. The second-order valence-corrected chi connectivity index (χ2v) is 19.4. The van der Waals surface area contributed by atoms with E-state index >= 15 is 0 Å². The second-order valence-electron chi connectivity index (χ2n) is 18.3. The lowest BCUT2D eigenvalue weighted by molar-refractivity contribution is 0.602. The fourth-order valence-corrected chi connectivity index (χ4v) is 12.7. The fourth-order valence-electron chi connectivity index (χ4n) is 11.2. The van der Waals surface area contributed by atoms with Crippen molar-refractivity contribution < 1.29 is 8.83 Å². The SMILES string of the molecule is CN1c2c(-c3ccc(-c4ccc5oc6ccccc6c5c4)cc3)ccc(-c3ccc(-c4ccc5oc6ccccc6c5c4)cc3)c2SC1C1C=Cc2c(c3ccccc3n2C2=CCCC=C2)C1. The number of aromatic nitrogens is 1. The van der Waals surface area contributed by atoms with E-state index in [4.69, 9.17) is 8.83 Å². The first-order valence-electron chi connectivity index (χ1n) is 23.4. The third-order valence-electron chi connectivity index (χ3n) is 14.5. The third-order valence-corrected chi connectivity index (χ3v) is 16.0. The maximum absolute atomic E-state index is 6.16. The Labute approximate surface area is 392 Å². The van der Waals surface area contributed by atoms with Crippen molar-refractivity contribution in [1.82, 2.24) is 4.57 Å². The number of benzene rings is 8. The van der Waals surface area contributed by atoms with Crippen LogP contribution >= 0.6 is 11.8 Å². The first kappa shape index (κ1) is 38.5. The summed E-state index contributed by atoms with van der Waals surface area (Å²) < 4.78 is 14.8. The number of para-hydroxylation sites is 3. The van der Waals surface area contributed by atoms with Gasteiger partial charge in [-0.05, 0) is 118 Å². The summed E-state index contributed by atoms with van der Waals surface area (Å²) in [6.45, 7) is 0. The highest BCUT2D eigenvalue weighted by atomic mass is 32.2. The molecule has 0 N–H and O–H groups in total. The minimum absolute atomic E-state index is 0.210. The van der Waals surface area contributed by atoms with Crippen molar-refractivity contribution in [2.24, 2.45) is 5.92 Å². The van der Waals surface area contributed by atoms with Crippen LogP contribution in [0, 0.1) is 5.92 Å². The quantitative estimate of drug-likeness (QED) is 0.167. The Hall–Kier alpha value is -7.73. The number of anilines is 1. The second kappa shape index (κ2) is 15.2. The largest absolute Gasteiger partial charge is 0.456 e. The van der Waals surface area contributed by atoms with Gasteiger partial charge in [-0.3, -0.25) is 0 Å². The zero-order valence-corrected chi connectivity index (χ0v) is 37.8. The standard InChI is InChI=1S/C62H44N2O2S/c1-63-60-46(40-23-19-38(20-24-40)42-28-33-58-52(35-42)49-14-6-9-17-56(49)65-58)30-31-47(41-25-21-39(22-26-41)43-29-34-59-53(36-43)50-15-7-10-18-57(50)66-59)61(60)67-62(63)44-27-32-55-51(37-44)48-13-5-8-16-54(48)64(55)45-11-3-2-4-12-45/h3,5-36,44,62H,2,4,37H2,1H3. The summed E-state index contributed by atoms with van der Waals surface area (Å²) in [5.41, 5.74) is 20.0. The lowest BCUT2D eigenvalue weighted by Crippen LogP contribution is -2.33. The molecular weight excluding hydrogens is 837 g/mol. The van der Waals surface area contributed by atoms with Crippen LogP contribution in [0.3, 0.4) is 0 Å². The molecular formula is C62H44N2O2S. The molecule has 2 aliphatic carbocycles. The van der Waals surface area contributed by atoms with Crippen LogP contribution in [0.2, 0.25) is 0 Å². The molecule has 11 aromatic rings. The van der Waals surface area contributed by atoms with Gasteiger partial charge < -0.3 is 18.3 Å². The molecule has 8 aromatic carbocycles. The molecule has 67 heavy (non-hydrogen) atoms. The molecule has 320 valence electrons. The number of furan rings is 2. The first-order valence-corrected chi connectivity index (χ1v) is 24.3. The molecule has 2 unspecified atom stereocenters. The van der Waals surface area contributed by atoms with E-state index in [1.807, 2.05) is 36.0 Å². The van der Waals surface area contributed by atoms with Crippen molar-refractivity contribution in [1.29, 1.82) is 0 Å². The van der Waals surface area contributed by atoms with E-state index < -0.39 is 0 Å². The topological polar surface area (TPSA) is 34.5 Å². The number of rotatable bonds is 6. The number of allylic oxidation sites excluding steroid dienone is 4. The van der Waals surface area contributed by atoms with Crippen molar-refractivity contribution in [3.8, 4) is 44.5 Å². The Bertz CT molecular complexity index is 3900. The van der Waals surface area contributed by atoms with Gasteiger partial charge in [0, 0.05) is 61.7 Å². The summed E-state index contributed by atoms with van der Waals surface area (Å²) in [6.07, 6.45) is 15.1. The van der Waals surface area contributed by atoms with Crippen molar-refractivity contribution >= 4 is 84.0 Å². The predicted octanol–water partition coefficient (Wildman–Crippen LogP) is 17.1. The first-order chi connectivity index (χ1) is 33.1. The van der Waals surface area contributed by atoms with Crippen LogP contribution in [0.1, 0.15) is 24.1 Å². The molecule has 3 aliphatic rings. The number of nitrogens with zero attached hydrogens (tertiary/aromatic N) is 2. The highest BCUT2D eigenvalue weighted by molar-refractivity contribution is 8.00. The van der Waals surface area contributed by atoms with Gasteiger partial charge in [-0.1, -0.05) is 157 Å². The lowest BCUT2D eigenvalue weighted by atomic mass is 9.90. The van der Waals surface area contributed by atoms with Crippen molar-refractivity contribution in [3.05, 3.63) is 205 Å². The van der Waals surface area contributed by atoms with Crippen LogP contribution in [0.5, 0.6) is 0 Å². The Balaban J connectivity index is 0.843. The van der Waals surface area contributed by atoms with Gasteiger partial charge in [0.05, 0.1) is 16.6 Å². The molecule has 3 aromatic heterocycles. The molecule has 5 heteroatoms. The molecule has 0 saturated heterocycles. The Morgan fingerprint density at radius 1 is 0.507 bits per heavy atom. The molecule has 0 saturated carbocycles. The van der Waals surface area contributed by atoms with Crippen LogP contribution in [-0.4, -0.2) is 17.0 Å². The molecule has 4 nitrogen and oxygen atoms in total. The molecule has 1 aliphatic heterocycles. The smallest absolute Gasteiger partial charge is 0.135 e. The highest BCUT2D eigenvalue weighted by Gasteiger charge is 2.38. The summed E-state index contributed by atoms with van der Waals surface area (Å²) in [4.78, 5) is 3.92. The van der Waals surface area contributed by atoms with Crippen LogP contribution < -0.4 is 4.90 Å². The number of fused-ring (bicyclic) bond motifs is 10. The monoisotopic (exact) mass is 880 g/mol. The van der Waals surface area contributed by atoms with Crippen molar-refractivity contribution in [2.45, 2.75) is 29.5 Å². The van der Waals surface area contributed by atoms with E-state index in [9.17, 15) is 0 Å². The molecule has 0 spiro atoms. The van der Waals surface area contributed by atoms with Gasteiger partial charge in [0.2, 0.25) is 0 Å². The van der Waals surface area contributed by atoms with E-state index in [0.717, 1.165) is 63.1 Å². The molecule has 0 amide bonds. The maximum Gasteiger partial charge on any atom is 0.135 e. The molecule has 2 atom stereocenters. The fraction of sp³-hybridized carbons (Fsp3) is 0.0968. The summed E-state index contributed by atoms with van der Waals surface area (Å²) in [7, 11) is 2.32. The zero-order valence-electron chi connectivity index (χ0n) is 36.9. The number of thioether (sulfide) groups is 1. The van der Waals surface area contributed by atoms with Gasteiger partial charge in [0.1, 0.15) is 22.3 Å². The van der Waals surface area contributed by atoms with Gasteiger partial charge >= 0.3 is 0 Å². The molecule has 14 rings (SSSR count). The zero-order chi connectivity index (χ0) is 44.2. The Morgan fingerprint density at radius 2 is 1.06 bits per heavy atom. The third kappa shape index (κ3) is 6.15. The molecule has 4 heterocycles. The van der Waals surface area contributed by atoms with Gasteiger partial charge in [-0.15, -0.1) is 0 Å². The van der Waals surface area contributed by atoms with Crippen LogP contribution in [0.25, 0.3) is 111 Å². The van der Waals surface area contributed by atoms with Gasteiger partial charge in [0.25, 0.3) is 0 Å². The van der Waals surface area contributed by atoms with E-state index in [-0.39, 0.29) is 5.37 Å². The molecule has 0 bridgehead atoms.